The Labute approximate surface area is 216 Å². The predicted molar refractivity (Wildman–Crippen MR) is 140 cm³/mol. The van der Waals surface area contributed by atoms with Crippen LogP contribution in [0.1, 0.15) is 36.8 Å². The fourth-order valence-corrected chi connectivity index (χ4v) is 8.15. The SMILES string of the molecule is Cc1ccc(C)c(N2CC=C[C@]34S[C@@H]5C=CCCOC(=O)[C@@H]5[C@H]3C(=O)N(CCCCCO)C4C2=O)c1. The Morgan fingerprint density at radius 1 is 1.11 bits per heavy atom. The quantitative estimate of drug-likeness (QED) is 0.359. The molecule has 4 aliphatic rings. The first-order chi connectivity index (χ1) is 17.4. The van der Waals surface area contributed by atoms with Crippen LogP contribution in [0.5, 0.6) is 0 Å². The number of benzene rings is 1. The van der Waals surface area contributed by atoms with E-state index >= 15 is 0 Å². The van der Waals surface area contributed by atoms with E-state index in [0.29, 0.717) is 39.0 Å². The highest BCUT2D eigenvalue weighted by Gasteiger charge is 2.70. The molecule has 2 amide bonds. The summed E-state index contributed by atoms with van der Waals surface area (Å²) in [6, 6.07) is 5.36. The minimum absolute atomic E-state index is 0.101. The van der Waals surface area contributed by atoms with Crippen molar-refractivity contribution in [2.45, 2.75) is 55.6 Å². The molecule has 5 rings (SSSR count). The van der Waals surface area contributed by atoms with Crippen LogP contribution in [0.25, 0.3) is 0 Å². The van der Waals surface area contributed by atoms with Crippen molar-refractivity contribution >= 4 is 35.2 Å². The third-order valence-corrected chi connectivity index (χ3v) is 9.58. The van der Waals surface area contributed by atoms with Crippen LogP contribution in [0, 0.1) is 25.7 Å². The van der Waals surface area contributed by atoms with Gasteiger partial charge in [0.25, 0.3) is 5.91 Å². The molecule has 2 fully saturated rings. The number of unbranched alkanes of at least 4 members (excludes halogenated alkanes) is 2. The summed E-state index contributed by atoms with van der Waals surface area (Å²) in [5.41, 5.74) is 2.92. The normalized spacial score (nSPS) is 31.5. The number of aliphatic hydroxyl groups is 1. The van der Waals surface area contributed by atoms with Crippen molar-refractivity contribution in [3.63, 3.8) is 0 Å². The van der Waals surface area contributed by atoms with Gasteiger partial charge in [0, 0.05) is 30.6 Å². The van der Waals surface area contributed by atoms with E-state index in [-0.39, 0.29) is 29.6 Å². The lowest BCUT2D eigenvalue weighted by Gasteiger charge is -2.35. The smallest absolute Gasteiger partial charge is 0.311 e. The first kappa shape index (κ1) is 25.1. The number of hydrogen-bond acceptors (Lipinski definition) is 6. The number of nitrogens with zero attached hydrogens (tertiary/aromatic N) is 2. The second-order valence-electron chi connectivity index (χ2n) is 10.2. The number of cyclic esters (lactones) is 1. The van der Waals surface area contributed by atoms with Gasteiger partial charge in [-0.3, -0.25) is 14.4 Å². The highest BCUT2D eigenvalue weighted by Crippen LogP contribution is 2.61. The van der Waals surface area contributed by atoms with Crippen molar-refractivity contribution in [2.75, 3.05) is 31.2 Å². The summed E-state index contributed by atoms with van der Waals surface area (Å²) < 4.78 is 4.70. The molecule has 2 saturated heterocycles. The summed E-state index contributed by atoms with van der Waals surface area (Å²) >= 11 is 1.57. The molecule has 0 saturated carbocycles. The summed E-state index contributed by atoms with van der Waals surface area (Å²) in [4.78, 5) is 45.1. The number of anilines is 1. The van der Waals surface area contributed by atoms with Gasteiger partial charge in [-0.25, -0.2) is 0 Å². The van der Waals surface area contributed by atoms with Crippen LogP contribution >= 0.6 is 11.8 Å². The van der Waals surface area contributed by atoms with E-state index in [0.717, 1.165) is 23.2 Å². The van der Waals surface area contributed by atoms with E-state index in [1.807, 2.05) is 56.4 Å². The number of esters is 1. The van der Waals surface area contributed by atoms with Crippen molar-refractivity contribution < 1.29 is 24.2 Å². The lowest BCUT2D eigenvalue weighted by atomic mass is 9.78. The van der Waals surface area contributed by atoms with Gasteiger partial charge < -0.3 is 19.6 Å². The molecular formula is C28H34N2O5S. The number of thioether (sulfide) groups is 1. The van der Waals surface area contributed by atoms with E-state index in [9.17, 15) is 19.5 Å². The molecule has 1 unspecified atom stereocenters. The first-order valence-corrected chi connectivity index (χ1v) is 13.8. The van der Waals surface area contributed by atoms with Gasteiger partial charge in [-0.1, -0.05) is 36.4 Å². The molecule has 4 aliphatic heterocycles. The molecule has 1 aromatic rings. The number of ether oxygens (including phenoxy) is 1. The topological polar surface area (TPSA) is 87.2 Å². The minimum Gasteiger partial charge on any atom is -0.465 e. The third kappa shape index (κ3) is 4.08. The van der Waals surface area contributed by atoms with Crippen LogP contribution in [0.4, 0.5) is 5.69 Å². The maximum atomic E-state index is 14.4. The van der Waals surface area contributed by atoms with Crippen molar-refractivity contribution in [3.8, 4) is 0 Å². The zero-order valence-corrected chi connectivity index (χ0v) is 21.7. The highest BCUT2D eigenvalue weighted by molar-refractivity contribution is 8.02. The number of likely N-dealkylation sites (tertiary alicyclic amines) is 1. The summed E-state index contributed by atoms with van der Waals surface area (Å²) in [6.07, 6.45) is 10.8. The molecule has 8 heteroatoms. The van der Waals surface area contributed by atoms with Gasteiger partial charge in [-0.2, -0.15) is 0 Å². The number of hydrogen-bond donors (Lipinski definition) is 1. The van der Waals surface area contributed by atoms with E-state index in [1.165, 1.54) is 0 Å². The molecule has 192 valence electrons. The highest BCUT2D eigenvalue weighted by atomic mass is 32.2. The molecule has 5 atom stereocenters. The summed E-state index contributed by atoms with van der Waals surface area (Å²) in [6.45, 7) is 5.24. The van der Waals surface area contributed by atoms with Crippen LogP contribution in [0.3, 0.4) is 0 Å². The molecule has 4 heterocycles. The molecule has 0 radical (unpaired) electrons. The molecule has 0 bridgehead atoms. The molecule has 36 heavy (non-hydrogen) atoms. The Bertz CT molecular complexity index is 1120. The standard InChI is InChI=1S/C28H34N2O5S/c1-18-10-11-19(2)20(17-18)29-14-8-12-28-23(22-21(36-28)9-4-7-16-35-27(22)34)25(32)30(24(28)26(29)33)13-5-3-6-15-31/h4,8-12,17,21-24,31H,3,5-7,13-16H2,1-2H3/t21-,22+,23+,24?,28+/m1/s1. The van der Waals surface area contributed by atoms with Crippen LogP contribution in [0.2, 0.25) is 0 Å². The Morgan fingerprint density at radius 3 is 2.75 bits per heavy atom. The van der Waals surface area contributed by atoms with E-state index < -0.39 is 22.6 Å². The van der Waals surface area contributed by atoms with Gasteiger partial charge in [-0.05, 0) is 56.7 Å². The number of amides is 2. The molecule has 0 aromatic heterocycles. The van der Waals surface area contributed by atoms with Crippen LogP contribution in [-0.2, 0) is 19.1 Å². The second-order valence-corrected chi connectivity index (χ2v) is 11.7. The fraction of sp³-hybridized carbons (Fsp3) is 0.536. The number of aryl methyl sites for hydroxylation is 2. The van der Waals surface area contributed by atoms with Crippen molar-refractivity contribution in [2.24, 2.45) is 11.8 Å². The average molecular weight is 511 g/mol. The second kappa shape index (κ2) is 10.1. The van der Waals surface area contributed by atoms with Gasteiger partial charge in [0.15, 0.2) is 0 Å². The van der Waals surface area contributed by atoms with Gasteiger partial charge in [0.05, 0.1) is 23.2 Å². The Balaban J connectivity index is 1.58. The van der Waals surface area contributed by atoms with Crippen molar-refractivity contribution in [3.05, 3.63) is 53.6 Å². The molecule has 1 spiro atoms. The molecule has 0 aliphatic carbocycles. The molecule has 7 nitrogen and oxygen atoms in total. The van der Waals surface area contributed by atoms with Crippen LogP contribution < -0.4 is 4.90 Å². The number of rotatable bonds is 6. The molecular weight excluding hydrogens is 476 g/mol. The summed E-state index contributed by atoms with van der Waals surface area (Å²) in [7, 11) is 0. The van der Waals surface area contributed by atoms with E-state index in [1.54, 1.807) is 21.6 Å². The van der Waals surface area contributed by atoms with Crippen molar-refractivity contribution in [1.29, 1.82) is 0 Å². The van der Waals surface area contributed by atoms with Crippen molar-refractivity contribution in [1.82, 2.24) is 4.90 Å². The van der Waals surface area contributed by atoms with Gasteiger partial charge in [0.2, 0.25) is 5.91 Å². The number of carbonyl (C=O) groups is 3. The number of carbonyl (C=O) groups excluding carboxylic acids is 3. The minimum atomic E-state index is -0.833. The monoisotopic (exact) mass is 510 g/mol. The predicted octanol–water partition coefficient (Wildman–Crippen LogP) is 3.17. The van der Waals surface area contributed by atoms with Gasteiger partial charge in [-0.15, -0.1) is 11.8 Å². The maximum Gasteiger partial charge on any atom is 0.311 e. The van der Waals surface area contributed by atoms with E-state index in [4.69, 9.17) is 4.74 Å². The fourth-order valence-electron chi connectivity index (χ4n) is 6.14. The van der Waals surface area contributed by atoms with Crippen LogP contribution in [0.15, 0.2) is 42.5 Å². The molecule has 1 N–H and O–H groups in total. The number of aliphatic hydroxyl groups excluding tert-OH is 1. The zero-order valence-electron chi connectivity index (χ0n) is 20.9. The Hall–Kier alpha value is -2.58. The lowest BCUT2D eigenvalue weighted by Crippen LogP contribution is -2.53. The number of fused-ring (bicyclic) bond motifs is 2. The first-order valence-electron chi connectivity index (χ1n) is 12.9. The van der Waals surface area contributed by atoms with Gasteiger partial charge >= 0.3 is 5.97 Å². The largest absolute Gasteiger partial charge is 0.465 e. The lowest BCUT2D eigenvalue weighted by molar-refractivity contribution is -0.153. The zero-order chi connectivity index (χ0) is 25.4. The summed E-state index contributed by atoms with van der Waals surface area (Å²) in [5, 5.41) is 9.00. The van der Waals surface area contributed by atoms with Crippen LogP contribution in [-0.4, -0.2) is 70.1 Å². The Kier molecular flexibility index (Phi) is 7.01. The molecule has 1 aromatic carbocycles. The average Bonchev–Trinajstić information content (AvgIpc) is 3.22. The third-order valence-electron chi connectivity index (χ3n) is 7.83. The van der Waals surface area contributed by atoms with Gasteiger partial charge in [0.1, 0.15) is 6.04 Å². The van der Waals surface area contributed by atoms with E-state index in [2.05, 4.69) is 0 Å². The summed E-state index contributed by atoms with van der Waals surface area (Å²) in [5.74, 6) is -1.86. The maximum absolute atomic E-state index is 14.4. The Morgan fingerprint density at radius 2 is 1.94 bits per heavy atom.